The molecule has 0 atom stereocenters. The molecule has 8 nitrogen and oxygen atoms in total. The lowest BCUT2D eigenvalue weighted by Crippen LogP contribution is -2.30. The molecule has 2 heterocycles. The van der Waals surface area contributed by atoms with E-state index in [0.29, 0.717) is 5.82 Å². The molecule has 0 saturated carbocycles. The number of furan rings is 1. The van der Waals surface area contributed by atoms with Gasteiger partial charge in [-0.3, -0.25) is 15.6 Å². The molecule has 0 fully saturated rings. The quantitative estimate of drug-likeness (QED) is 0.403. The summed E-state index contributed by atoms with van der Waals surface area (Å²) in [6.07, 6.45) is 2.77. The topological polar surface area (TPSA) is 118 Å². The zero-order valence-electron chi connectivity index (χ0n) is 14.1. The highest BCUT2D eigenvalue weighted by Crippen LogP contribution is 2.29. The molecule has 0 aliphatic heterocycles. The maximum atomic E-state index is 11.9. The number of hydrogen-bond donors (Lipinski definition) is 4. The summed E-state index contributed by atoms with van der Waals surface area (Å²) in [5, 5.41) is 5.36. The highest BCUT2D eigenvalue weighted by atomic mass is 16.3. The van der Waals surface area contributed by atoms with Crippen LogP contribution in [0.15, 0.2) is 71.6 Å². The summed E-state index contributed by atoms with van der Waals surface area (Å²) >= 11 is 0. The molecule has 0 aliphatic carbocycles. The van der Waals surface area contributed by atoms with Crippen LogP contribution in [0.5, 0.6) is 0 Å². The molecular formula is C19H16N6O2. The van der Waals surface area contributed by atoms with E-state index in [9.17, 15) is 4.79 Å². The Kier molecular flexibility index (Phi) is 4.28. The lowest BCUT2D eigenvalue weighted by molar-refractivity contribution is 0.0935. The molecule has 0 unspecified atom stereocenters. The third-order valence-electron chi connectivity index (χ3n) is 3.97. The van der Waals surface area contributed by atoms with E-state index in [1.807, 2.05) is 42.5 Å². The van der Waals surface area contributed by atoms with Crippen LogP contribution in [0.4, 0.5) is 23.0 Å². The Morgan fingerprint density at radius 3 is 2.63 bits per heavy atom. The fourth-order valence-electron chi connectivity index (χ4n) is 2.64. The van der Waals surface area contributed by atoms with Gasteiger partial charge in [-0.15, -0.1) is 0 Å². The molecule has 2 aromatic carbocycles. The van der Waals surface area contributed by atoms with Crippen molar-refractivity contribution in [3.05, 3.63) is 72.9 Å². The van der Waals surface area contributed by atoms with Crippen molar-refractivity contribution < 1.29 is 9.21 Å². The van der Waals surface area contributed by atoms with Crippen molar-refractivity contribution >= 4 is 39.7 Å². The van der Waals surface area contributed by atoms with E-state index in [1.54, 1.807) is 12.1 Å². The largest absolute Gasteiger partial charge is 0.459 e. The van der Waals surface area contributed by atoms with Crippen LogP contribution in [-0.2, 0) is 0 Å². The number of carbonyl (C=O) groups is 1. The Labute approximate surface area is 154 Å². The van der Waals surface area contributed by atoms with Gasteiger partial charge in [-0.05, 0) is 23.6 Å². The van der Waals surface area contributed by atoms with Crippen molar-refractivity contribution in [1.29, 1.82) is 0 Å². The number of benzene rings is 2. The van der Waals surface area contributed by atoms with Crippen LogP contribution >= 0.6 is 0 Å². The number of nitrogens with two attached hydrogens (primary N) is 1. The van der Waals surface area contributed by atoms with Crippen molar-refractivity contribution in [2.45, 2.75) is 0 Å². The van der Waals surface area contributed by atoms with Crippen molar-refractivity contribution in [3.63, 3.8) is 0 Å². The van der Waals surface area contributed by atoms with Crippen molar-refractivity contribution in [1.82, 2.24) is 15.4 Å². The summed E-state index contributed by atoms with van der Waals surface area (Å²) in [7, 11) is 0. The third kappa shape index (κ3) is 3.36. The first-order chi connectivity index (χ1) is 13.2. The molecule has 134 valence electrons. The van der Waals surface area contributed by atoms with Crippen LogP contribution in [0, 0.1) is 0 Å². The number of nitrogens with one attached hydrogen (secondary N) is 3. The number of hydrazine groups is 1. The highest BCUT2D eigenvalue weighted by molar-refractivity contribution is 5.96. The fourth-order valence-corrected chi connectivity index (χ4v) is 2.64. The number of rotatable bonds is 5. The summed E-state index contributed by atoms with van der Waals surface area (Å²) in [5.41, 5.74) is 12.5. The first-order valence-corrected chi connectivity index (χ1v) is 8.17. The predicted molar refractivity (Wildman–Crippen MR) is 103 cm³/mol. The molecular weight excluding hydrogens is 344 g/mol. The first-order valence-electron chi connectivity index (χ1n) is 8.17. The SMILES string of the molecule is Nc1c(NNC(=O)c2ccco2)ncnc1Nc1cccc2ccccc12. The van der Waals surface area contributed by atoms with Gasteiger partial charge in [0.1, 0.15) is 12.0 Å². The second kappa shape index (κ2) is 7.04. The maximum absolute atomic E-state index is 11.9. The first kappa shape index (κ1) is 16.4. The van der Waals surface area contributed by atoms with Gasteiger partial charge in [0.15, 0.2) is 17.4 Å². The minimum atomic E-state index is -0.443. The summed E-state index contributed by atoms with van der Waals surface area (Å²) in [5.74, 6) is 0.426. The van der Waals surface area contributed by atoms with Gasteiger partial charge in [0.25, 0.3) is 0 Å². The molecule has 5 N–H and O–H groups in total. The normalized spacial score (nSPS) is 10.5. The monoisotopic (exact) mass is 360 g/mol. The van der Waals surface area contributed by atoms with E-state index < -0.39 is 5.91 Å². The Bertz CT molecular complexity index is 1090. The molecule has 4 aromatic rings. The Hall–Kier alpha value is -4.07. The number of hydrogen-bond acceptors (Lipinski definition) is 7. The number of amides is 1. The van der Waals surface area contributed by atoms with E-state index >= 15 is 0 Å². The van der Waals surface area contributed by atoms with Crippen LogP contribution in [0.1, 0.15) is 10.6 Å². The second-order valence-electron chi connectivity index (χ2n) is 5.69. The van der Waals surface area contributed by atoms with E-state index in [2.05, 4.69) is 26.1 Å². The van der Waals surface area contributed by atoms with Crippen LogP contribution in [0.25, 0.3) is 10.8 Å². The summed E-state index contributed by atoms with van der Waals surface area (Å²) in [6, 6.07) is 17.1. The van der Waals surface area contributed by atoms with Gasteiger partial charge in [0.05, 0.1) is 6.26 Å². The molecule has 0 saturated heterocycles. The molecule has 0 radical (unpaired) electrons. The standard InChI is InChI=1S/C19H16N6O2/c20-16-17(23-14-8-3-6-12-5-1-2-7-13(12)14)21-11-22-18(16)24-25-19(26)15-9-4-10-27-15/h1-11H,20H2,(H,25,26)(H2,21,22,23,24). The average Bonchev–Trinajstić information content (AvgIpc) is 3.24. The van der Waals surface area contributed by atoms with Gasteiger partial charge in [-0.1, -0.05) is 36.4 Å². The van der Waals surface area contributed by atoms with E-state index in [-0.39, 0.29) is 17.3 Å². The number of carbonyl (C=O) groups excluding carboxylic acids is 1. The van der Waals surface area contributed by atoms with Crippen LogP contribution < -0.4 is 21.9 Å². The van der Waals surface area contributed by atoms with Crippen LogP contribution in [0.3, 0.4) is 0 Å². The van der Waals surface area contributed by atoms with Crippen LogP contribution in [-0.4, -0.2) is 15.9 Å². The van der Waals surface area contributed by atoms with Crippen LogP contribution in [0.2, 0.25) is 0 Å². The molecule has 8 heteroatoms. The van der Waals surface area contributed by atoms with E-state index in [0.717, 1.165) is 16.5 Å². The lowest BCUT2D eigenvalue weighted by Gasteiger charge is -2.14. The fraction of sp³-hybridized carbons (Fsp3) is 0. The number of nitrogen functional groups attached to an aromatic ring is 1. The Morgan fingerprint density at radius 2 is 1.78 bits per heavy atom. The van der Waals surface area contributed by atoms with Crippen molar-refractivity contribution in [2.75, 3.05) is 16.5 Å². The molecule has 0 aliphatic rings. The summed E-state index contributed by atoms with van der Waals surface area (Å²) < 4.78 is 5.03. The molecule has 1 amide bonds. The van der Waals surface area contributed by atoms with Gasteiger partial charge in [-0.25, -0.2) is 9.97 Å². The van der Waals surface area contributed by atoms with Gasteiger partial charge >= 0.3 is 5.91 Å². The average molecular weight is 360 g/mol. The van der Waals surface area contributed by atoms with E-state index in [1.165, 1.54) is 12.6 Å². The zero-order valence-corrected chi connectivity index (χ0v) is 14.1. The molecule has 0 bridgehead atoms. The summed E-state index contributed by atoms with van der Waals surface area (Å²) in [4.78, 5) is 20.2. The number of aromatic nitrogens is 2. The Balaban J connectivity index is 1.56. The molecule has 27 heavy (non-hydrogen) atoms. The molecule has 4 rings (SSSR count). The van der Waals surface area contributed by atoms with Gasteiger partial charge in [0.2, 0.25) is 0 Å². The van der Waals surface area contributed by atoms with Crippen molar-refractivity contribution in [2.24, 2.45) is 0 Å². The lowest BCUT2D eigenvalue weighted by atomic mass is 10.1. The minimum absolute atomic E-state index is 0.171. The zero-order chi connectivity index (χ0) is 18.6. The number of anilines is 4. The second-order valence-corrected chi connectivity index (χ2v) is 5.69. The smallest absolute Gasteiger partial charge is 0.305 e. The van der Waals surface area contributed by atoms with E-state index in [4.69, 9.17) is 10.2 Å². The Morgan fingerprint density at radius 1 is 0.963 bits per heavy atom. The maximum Gasteiger partial charge on any atom is 0.305 e. The number of nitrogens with zero attached hydrogens (tertiary/aromatic N) is 2. The predicted octanol–water partition coefficient (Wildman–Crippen LogP) is 3.31. The van der Waals surface area contributed by atoms with Gasteiger partial charge in [0, 0.05) is 11.1 Å². The number of fused-ring (bicyclic) bond motifs is 1. The summed E-state index contributed by atoms with van der Waals surface area (Å²) in [6.45, 7) is 0. The molecule has 0 spiro atoms. The minimum Gasteiger partial charge on any atom is -0.459 e. The molecule has 2 aromatic heterocycles. The van der Waals surface area contributed by atoms with Gasteiger partial charge in [-0.2, -0.15) is 0 Å². The highest BCUT2D eigenvalue weighted by Gasteiger charge is 2.12. The van der Waals surface area contributed by atoms with Gasteiger partial charge < -0.3 is 15.5 Å². The van der Waals surface area contributed by atoms with Crippen molar-refractivity contribution in [3.8, 4) is 0 Å². The third-order valence-corrected chi connectivity index (χ3v) is 3.97.